The van der Waals surface area contributed by atoms with Gasteiger partial charge in [0.1, 0.15) is 17.8 Å². The second-order valence-electron chi connectivity index (χ2n) is 7.46. The summed E-state index contributed by atoms with van der Waals surface area (Å²) >= 11 is 0. The average molecular weight is 389 g/mol. The molecule has 2 aliphatic rings. The molecule has 3 aromatic rings. The Bertz CT molecular complexity index is 1100. The molecule has 1 saturated heterocycles. The van der Waals surface area contributed by atoms with E-state index in [2.05, 4.69) is 11.1 Å². The lowest BCUT2D eigenvalue weighted by Gasteiger charge is -2.36. The highest BCUT2D eigenvalue weighted by molar-refractivity contribution is 6.05. The van der Waals surface area contributed by atoms with E-state index in [1.165, 1.54) is 4.90 Å². The molecule has 3 heterocycles. The van der Waals surface area contributed by atoms with Gasteiger partial charge in [0.2, 0.25) is 0 Å². The number of nitrogens with one attached hydrogen (secondary N) is 1. The number of carbonyl (C=O) groups excluding carboxylic acids is 2. The normalized spacial score (nSPS) is 20.9. The fraction of sp³-hybridized carbons (Fsp3) is 0.304. The number of carbonyl (C=O) groups is 2. The van der Waals surface area contributed by atoms with Crippen molar-refractivity contribution in [3.05, 3.63) is 65.4 Å². The maximum atomic E-state index is 13.2. The van der Waals surface area contributed by atoms with Crippen molar-refractivity contribution in [3.8, 4) is 5.75 Å². The van der Waals surface area contributed by atoms with Gasteiger partial charge in [0, 0.05) is 29.6 Å². The van der Waals surface area contributed by atoms with Crippen LogP contribution in [0.3, 0.4) is 0 Å². The first kappa shape index (κ1) is 17.8. The zero-order chi connectivity index (χ0) is 20.1. The van der Waals surface area contributed by atoms with Crippen molar-refractivity contribution in [2.45, 2.75) is 32.4 Å². The van der Waals surface area contributed by atoms with Crippen LogP contribution in [0.5, 0.6) is 5.75 Å². The van der Waals surface area contributed by atoms with Crippen molar-refractivity contribution in [1.82, 2.24) is 14.8 Å². The Labute approximate surface area is 169 Å². The van der Waals surface area contributed by atoms with Crippen LogP contribution in [0, 0.1) is 0 Å². The lowest BCUT2D eigenvalue weighted by Crippen LogP contribution is -2.44. The van der Waals surface area contributed by atoms with E-state index in [0.717, 1.165) is 33.5 Å². The maximum Gasteiger partial charge on any atom is 0.328 e. The summed E-state index contributed by atoms with van der Waals surface area (Å²) in [5, 5.41) is 1.12. The predicted octanol–water partition coefficient (Wildman–Crippen LogP) is 3.86. The van der Waals surface area contributed by atoms with Crippen molar-refractivity contribution in [2.24, 2.45) is 0 Å². The number of nitrogens with zero attached hydrogens (tertiary/aromatic N) is 2. The van der Waals surface area contributed by atoms with E-state index in [0.29, 0.717) is 19.6 Å². The summed E-state index contributed by atoms with van der Waals surface area (Å²) in [4.78, 5) is 32.8. The van der Waals surface area contributed by atoms with E-state index in [9.17, 15) is 9.59 Å². The first-order valence-electron chi connectivity index (χ1n) is 10.1. The molecular weight excluding hydrogens is 366 g/mol. The van der Waals surface area contributed by atoms with Gasteiger partial charge in [-0.3, -0.25) is 14.6 Å². The van der Waals surface area contributed by atoms with Gasteiger partial charge < -0.3 is 9.72 Å². The van der Waals surface area contributed by atoms with Crippen LogP contribution < -0.4 is 4.74 Å². The summed E-state index contributed by atoms with van der Waals surface area (Å²) < 4.78 is 5.57. The number of ether oxygens (including phenoxy) is 1. The molecular formula is C23H23N3O3. The highest BCUT2D eigenvalue weighted by atomic mass is 16.5. The van der Waals surface area contributed by atoms with E-state index in [1.807, 2.05) is 56.3 Å². The molecule has 6 nitrogen and oxygen atoms in total. The Hall–Kier alpha value is -3.28. The molecule has 2 aliphatic heterocycles. The number of benzene rings is 2. The zero-order valence-corrected chi connectivity index (χ0v) is 16.5. The van der Waals surface area contributed by atoms with E-state index >= 15 is 0 Å². The Kier molecular flexibility index (Phi) is 4.08. The van der Waals surface area contributed by atoms with Crippen LogP contribution in [0.15, 0.2) is 48.5 Å². The topological polar surface area (TPSA) is 65.6 Å². The van der Waals surface area contributed by atoms with Crippen LogP contribution in [-0.4, -0.2) is 45.9 Å². The number of likely N-dealkylation sites (N-methyl/N-ethyl adjacent to an activating group) is 1. The number of para-hydroxylation sites is 1. The molecule has 0 radical (unpaired) electrons. The molecule has 0 spiro atoms. The second kappa shape index (κ2) is 6.65. The Morgan fingerprint density at radius 3 is 2.55 bits per heavy atom. The van der Waals surface area contributed by atoms with E-state index in [4.69, 9.17) is 4.74 Å². The van der Waals surface area contributed by atoms with Gasteiger partial charge in [-0.15, -0.1) is 0 Å². The van der Waals surface area contributed by atoms with E-state index in [1.54, 1.807) is 4.90 Å². The molecule has 0 bridgehead atoms. The molecule has 1 fully saturated rings. The Morgan fingerprint density at radius 2 is 1.83 bits per heavy atom. The molecule has 1 N–H and O–H groups in total. The van der Waals surface area contributed by atoms with Crippen molar-refractivity contribution in [2.75, 3.05) is 13.2 Å². The minimum Gasteiger partial charge on any atom is -0.494 e. The third kappa shape index (κ3) is 2.55. The summed E-state index contributed by atoms with van der Waals surface area (Å²) in [5.41, 5.74) is 4.11. The third-order valence-electron chi connectivity index (χ3n) is 5.96. The zero-order valence-electron chi connectivity index (χ0n) is 16.5. The minimum atomic E-state index is -0.467. The smallest absolute Gasteiger partial charge is 0.328 e. The lowest BCUT2D eigenvalue weighted by atomic mass is 9.89. The number of H-pyrrole nitrogens is 1. The fourth-order valence-corrected chi connectivity index (χ4v) is 4.68. The fourth-order valence-electron chi connectivity index (χ4n) is 4.68. The van der Waals surface area contributed by atoms with E-state index < -0.39 is 6.04 Å². The van der Waals surface area contributed by atoms with Crippen LogP contribution in [0.1, 0.15) is 36.7 Å². The molecule has 2 atom stereocenters. The predicted molar refractivity (Wildman–Crippen MR) is 110 cm³/mol. The summed E-state index contributed by atoms with van der Waals surface area (Å²) in [6, 6.07) is 14.9. The minimum absolute atomic E-state index is 0.107. The van der Waals surface area contributed by atoms with Crippen molar-refractivity contribution >= 4 is 22.8 Å². The van der Waals surface area contributed by atoms with Crippen LogP contribution in [-0.2, 0) is 11.2 Å². The molecule has 0 aliphatic carbocycles. The Morgan fingerprint density at radius 1 is 1.07 bits per heavy atom. The van der Waals surface area contributed by atoms with Crippen LogP contribution in [0.4, 0.5) is 4.79 Å². The number of aromatic amines is 1. The molecule has 3 amide bonds. The first-order valence-corrected chi connectivity index (χ1v) is 10.1. The van der Waals surface area contributed by atoms with Crippen molar-refractivity contribution in [3.63, 3.8) is 0 Å². The highest BCUT2D eigenvalue weighted by Gasteiger charge is 2.51. The Balaban J connectivity index is 1.69. The first-order chi connectivity index (χ1) is 14.1. The summed E-state index contributed by atoms with van der Waals surface area (Å²) in [6.45, 7) is 4.77. The summed E-state index contributed by atoms with van der Waals surface area (Å²) in [5.74, 6) is 0.684. The van der Waals surface area contributed by atoms with Gasteiger partial charge >= 0.3 is 6.03 Å². The van der Waals surface area contributed by atoms with Crippen LogP contribution >= 0.6 is 0 Å². The number of hydrogen-bond acceptors (Lipinski definition) is 3. The van der Waals surface area contributed by atoms with Gasteiger partial charge in [-0.2, -0.15) is 0 Å². The second-order valence-corrected chi connectivity index (χ2v) is 7.46. The number of fused-ring (bicyclic) bond motifs is 4. The number of amides is 3. The van der Waals surface area contributed by atoms with Gasteiger partial charge in [-0.25, -0.2) is 4.79 Å². The maximum absolute atomic E-state index is 13.2. The van der Waals surface area contributed by atoms with Gasteiger partial charge in [0.15, 0.2) is 0 Å². The monoisotopic (exact) mass is 389 g/mol. The standard InChI is InChI=1S/C23H23N3O3/c1-3-25-22(27)19-13-17-16-7-5-6-8-18(16)24-20(17)21(26(19)23(25)28)14-9-11-15(12-10-14)29-4-2/h5-12,19,21,24H,3-4,13H2,1-2H3/t19-,21-/m1/s1. The van der Waals surface area contributed by atoms with Crippen molar-refractivity contribution < 1.29 is 14.3 Å². The number of aromatic nitrogens is 1. The largest absolute Gasteiger partial charge is 0.494 e. The van der Waals surface area contributed by atoms with Gasteiger partial charge in [0.25, 0.3) is 5.91 Å². The molecule has 29 heavy (non-hydrogen) atoms. The molecule has 5 rings (SSSR count). The lowest BCUT2D eigenvalue weighted by molar-refractivity contribution is -0.128. The number of rotatable bonds is 4. The number of imide groups is 1. The molecule has 1 aromatic heterocycles. The van der Waals surface area contributed by atoms with Crippen molar-refractivity contribution in [1.29, 1.82) is 0 Å². The van der Waals surface area contributed by atoms with Crippen LogP contribution in [0.2, 0.25) is 0 Å². The molecule has 6 heteroatoms. The number of urea groups is 1. The summed E-state index contributed by atoms with van der Waals surface area (Å²) in [6.07, 6.45) is 0.536. The third-order valence-corrected chi connectivity index (χ3v) is 5.96. The quantitative estimate of drug-likeness (QED) is 0.689. The molecule has 0 saturated carbocycles. The SMILES string of the molecule is CCOc1ccc([C@@H]2c3[nH]c4ccccc4c3C[C@@H]3C(=O)N(CC)C(=O)N23)cc1. The van der Waals surface area contributed by atoms with E-state index in [-0.39, 0.29) is 18.0 Å². The van der Waals surface area contributed by atoms with Crippen LogP contribution in [0.25, 0.3) is 10.9 Å². The highest BCUT2D eigenvalue weighted by Crippen LogP contribution is 2.44. The van der Waals surface area contributed by atoms with Gasteiger partial charge in [-0.1, -0.05) is 30.3 Å². The average Bonchev–Trinajstić information content (AvgIpc) is 3.22. The molecule has 148 valence electrons. The van der Waals surface area contributed by atoms with Gasteiger partial charge in [0.05, 0.1) is 6.61 Å². The number of hydrogen-bond donors (Lipinski definition) is 1. The summed E-state index contributed by atoms with van der Waals surface area (Å²) in [7, 11) is 0. The molecule has 2 aromatic carbocycles. The molecule has 0 unspecified atom stereocenters. The van der Waals surface area contributed by atoms with Gasteiger partial charge in [-0.05, 0) is 43.2 Å².